The number of rotatable bonds is 3. The maximum Gasteiger partial charge on any atom is 0.534 e. The van der Waals surface area contributed by atoms with Gasteiger partial charge in [0.1, 0.15) is 5.75 Å². The lowest BCUT2D eigenvalue weighted by Crippen LogP contribution is -2.28. The molecule has 0 aliphatic heterocycles. The van der Waals surface area contributed by atoms with E-state index < -0.39 is 21.4 Å². The average molecular weight is 294 g/mol. The number of alkyl halides is 3. The van der Waals surface area contributed by atoms with Crippen LogP contribution in [0.1, 0.15) is 6.92 Å². The fourth-order valence-electron chi connectivity index (χ4n) is 1.54. The molecule has 104 valence electrons. The zero-order valence-electron chi connectivity index (χ0n) is 9.68. The van der Waals surface area contributed by atoms with Gasteiger partial charge in [-0.05, 0) is 25.1 Å². The van der Waals surface area contributed by atoms with Crippen molar-refractivity contribution in [2.24, 2.45) is 0 Å². The number of aromatic nitrogens is 2. The van der Waals surface area contributed by atoms with Gasteiger partial charge in [0.2, 0.25) is 0 Å². The van der Waals surface area contributed by atoms with E-state index in [1.54, 1.807) is 4.68 Å². The van der Waals surface area contributed by atoms with Gasteiger partial charge in [-0.15, -0.1) is 0 Å². The molecule has 2 rings (SSSR count). The van der Waals surface area contributed by atoms with E-state index in [-0.39, 0.29) is 0 Å². The smallest absolute Gasteiger partial charge is 0.376 e. The molecule has 0 saturated heterocycles. The Hall–Kier alpha value is -1.77. The van der Waals surface area contributed by atoms with Crippen LogP contribution in [0.3, 0.4) is 0 Å². The van der Waals surface area contributed by atoms with Gasteiger partial charge < -0.3 is 4.18 Å². The molecule has 0 fully saturated rings. The zero-order valence-corrected chi connectivity index (χ0v) is 10.5. The van der Waals surface area contributed by atoms with Gasteiger partial charge in [0.15, 0.2) is 0 Å². The van der Waals surface area contributed by atoms with E-state index in [1.807, 2.05) is 6.92 Å². The Balaban J connectivity index is 2.38. The van der Waals surface area contributed by atoms with Crippen LogP contribution >= 0.6 is 0 Å². The highest BCUT2D eigenvalue weighted by Crippen LogP contribution is 2.28. The normalized spacial score (nSPS) is 12.8. The highest BCUT2D eigenvalue weighted by atomic mass is 32.2. The minimum absolute atomic E-state index is 0.402. The fraction of sp³-hybridized carbons (Fsp3) is 0.300. The van der Waals surface area contributed by atoms with Crippen molar-refractivity contribution in [1.29, 1.82) is 0 Å². The summed E-state index contributed by atoms with van der Waals surface area (Å²) in [6.45, 7) is 2.44. The van der Waals surface area contributed by atoms with Gasteiger partial charge in [0.25, 0.3) is 0 Å². The summed E-state index contributed by atoms with van der Waals surface area (Å²) >= 11 is 0. The highest BCUT2D eigenvalue weighted by Gasteiger charge is 2.48. The number of hydrogen-bond acceptors (Lipinski definition) is 4. The van der Waals surface area contributed by atoms with Crippen LogP contribution in [0.2, 0.25) is 0 Å². The number of nitrogens with zero attached hydrogens (tertiary/aromatic N) is 2. The van der Waals surface area contributed by atoms with Crippen molar-refractivity contribution in [3.63, 3.8) is 0 Å². The molecule has 0 unspecified atom stereocenters. The number of aryl methyl sites for hydroxylation is 1. The monoisotopic (exact) mass is 294 g/mol. The average Bonchev–Trinajstić information content (AvgIpc) is 2.69. The summed E-state index contributed by atoms with van der Waals surface area (Å²) < 4.78 is 63.8. The summed E-state index contributed by atoms with van der Waals surface area (Å²) in [5.41, 5.74) is -4.77. The molecule has 5 nitrogen and oxygen atoms in total. The van der Waals surface area contributed by atoms with E-state index >= 15 is 0 Å². The molecule has 1 aromatic carbocycles. The lowest BCUT2D eigenvalue weighted by Gasteiger charge is -2.09. The molecule has 0 amide bonds. The Bertz CT molecular complexity index is 706. The molecule has 9 heteroatoms. The molecule has 0 spiro atoms. The number of benzene rings is 1. The third kappa shape index (κ3) is 2.50. The molecule has 0 atom stereocenters. The standard InChI is InChI=1S/C10H9F3N2O3S/c1-2-15-9-4-3-8(5-7(9)6-14-15)18-19(16,17)10(11,12)13/h3-6H,2H2,1H3. The quantitative estimate of drug-likeness (QED) is 0.643. The molecule has 0 bridgehead atoms. The summed E-state index contributed by atoms with van der Waals surface area (Å²) in [6.07, 6.45) is 1.42. The zero-order chi connectivity index (χ0) is 14.3. The van der Waals surface area contributed by atoms with E-state index in [2.05, 4.69) is 9.28 Å². The first-order valence-corrected chi connectivity index (χ1v) is 6.62. The van der Waals surface area contributed by atoms with Gasteiger partial charge in [-0.1, -0.05) is 0 Å². The summed E-state index contributed by atoms with van der Waals surface area (Å²) in [6, 6.07) is 3.80. The van der Waals surface area contributed by atoms with Gasteiger partial charge in [-0.25, -0.2) is 0 Å². The van der Waals surface area contributed by atoms with Gasteiger partial charge in [0, 0.05) is 11.9 Å². The van der Waals surface area contributed by atoms with Crippen LogP contribution in [0.15, 0.2) is 24.4 Å². The van der Waals surface area contributed by atoms with E-state index in [0.29, 0.717) is 17.4 Å². The van der Waals surface area contributed by atoms with E-state index in [4.69, 9.17) is 0 Å². The van der Waals surface area contributed by atoms with Crippen molar-refractivity contribution in [3.8, 4) is 5.75 Å². The topological polar surface area (TPSA) is 61.2 Å². The summed E-state index contributed by atoms with van der Waals surface area (Å²) in [4.78, 5) is 0. The molecule has 1 aromatic heterocycles. The fourth-order valence-corrected chi connectivity index (χ4v) is 1.99. The largest absolute Gasteiger partial charge is 0.534 e. The maximum atomic E-state index is 12.2. The van der Waals surface area contributed by atoms with Crippen LogP contribution in [0.5, 0.6) is 5.75 Å². The molecular formula is C10H9F3N2O3S. The molecule has 19 heavy (non-hydrogen) atoms. The second kappa shape index (κ2) is 4.41. The first kappa shape index (κ1) is 13.7. The van der Waals surface area contributed by atoms with Crippen LogP contribution in [0, 0.1) is 0 Å². The predicted octanol–water partition coefficient (Wildman–Crippen LogP) is 2.28. The van der Waals surface area contributed by atoms with Crippen molar-refractivity contribution in [2.45, 2.75) is 19.0 Å². The highest BCUT2D eigenvalue weighted by molar-refractivity contribution is 7.88. The lowest BCUT2D eigenvalue weighted by molar-refractivity contribution is -0.0500. The Labute approximate surface area is 106 Å². The van der Waals surface area contributed by atoms with Crippen molar-refractivity contribution >= 4 is 21.0 Å². The molecule has 2 aromatic rings. The number of fused-ring (bicyclic) bond motifs is 1. The minimum atomic E-state index is -5.65. The molecule has 0 aliphatic rings. The van der Waals surface area contributed by atoms with E-state index in [1.165, 1.54) is 18.3 Å². The van der Waals surface area contributed by atoms with Crippen LogP contribution in [-0.2, 0) is 16.7 Å². The van der Waals surface area contributed by atoms with Crippen molar-refractivity contribution < 1.29 is 25.8 Å². The lowest BCUT2D eigenvalue weighted by atomic mass is 10.2. The molecule has 0 N–H and O–H groups in total. The number of halogens is 3. The first-order chi connectivity index (χ1) is 8.74. The summed E-state index contributed by atoms with van der Waals surface area (Å²) in [5, 5.41) is 4.49. The third-order valence-corrected chi connectivity index (χ3v) is 3.38. The Morgan fingerprint density at radius 3 is 2.63 bits per heavy atom. The van der Waals surface area contributed by atoms with Crippen LogP contribution in [0.25, 0.3) is 10.9 Å². The number of hydrogen-bond donors (Lipinski definition) is 0. The molecular weight excluding hydrogens is 285 g/mol. The van der Waals surface area contributed by atoms with E-state index in [0.717, 1.165) is 6.07 Å². The second-order valence-electron chi connectivity index (χ2n) is 3.66. The summed E-state index contributed by atoms with van der Waals surface area (Å²) in [5.74, 6) is -0.402. The van der Waals surface area contributed by atoms with Crippen LogP contribution < -0.4 is 4.18 Å². The Morgan fingerprint density at radius 1 is 1.37 bits per heavy atom. The van der Waals surface area contributed by atoms with Gasteiger partial charge in [0.05, 0.1) is 11.7 Å². The van der Waals surface area contributed by atoms with Crippen molar-refractivity contribution in [2.75, 3.05) is 0 Å². The Kier molecular flexibility index (Phi) is 3.17. The van der Waals surface area contributed by atoms with Crippen molar-refractivity contribution in [1.82, 2.24) is 9.78 Å². The minimum Gasteiger partial charge on any atom is -0.376 e. The second-order valence-corrected chi connectivity index (χ2v) is 5.20. The van der Waals surface area contributed by atoms with Gasteiger partial charge in [-0.3, -0.25) is 4.68 Å². The SMILES string of the molecule is CCn1ncc2cc(OS(=O)(=O)C(F)(F)F)ccc21. The van der Waals surface area contributed by atoms with Crippen LogP contribution in [0.4, 0.5) is 13.2 Å². The molecule has 1 heterocycles. The Morgan fingerprint density at radius 2 is 2.05 bits per heavy atom. The molecule has 0 saturated carbocycles. The predicted molar refractivity (Wildman–Crippen MR) is 61.0 cm³/mol. The molecule has 0 aliphatic carbocycles. The van der Waals surface area contributed by atoms with Gasteiger partial charge in [-0.2, -0.15) is 26.7 Å². The first-order valence-electron chi connectivity index (χ1n) is 5.21. The maximum absolute atomic E-state index is 12.2. The third-order valence-electron chi connectivity index (χ3n) is 2.40. The molecule has 0 radical (unpaired) electrons. The van der Waals surface area contributed by atoms with Crippen molar-refractivity contribution in [3.05, 3.63) is 24.4 Å². The summed E-state index contributed by atoms with van der Waals surface area (Å²) in [7, 11) is -5.65. The van der Waals surface area contributed by atoms with E-state index in [9.17, 15) is 21.6 Å². The van der Waals surface area contributed by atoms with Gasteiger partial charge >= 0.3 is 15.6 Å². The van der Waals surface area contributed by atoms with Crippen LogP contribution in [-0.4, -0.2) is 23.7 Å².